The number of esters is 2. The number of carbonyl (C=O) groups is 2. The second-order valence-corrected chi connectivity index (χ2v) is 7.93. The molecule has 0 saturated carbocycles. The Kier molecular flexibility index (Phi) is 7.74. The fraction of sp³-hybridized carbons (Fsp3) is 0.684. The number of ether oxygens (including phenoxy) is 3. The standard InChI is InChI=1S/C19H30N4O6/c1-10(2)7-16(24)27-9-13-12(29-18(25)17(21)11(3)4)8-15(28-13)23-6-5-14(20)22-19(23)26/h5-6,10-13,15,17H,7-9,21H2,1-4H3,(H2,20,22,26). The molecule has 2 rings (SSSR count). The van der Waals surface area contributed by atoms with E-state index in [0.29, 0.717) is 0 Å². The van der Waals surface area contributed by atoms with Crippen molar-refractivity contribution in [2.75, 3.05) is 12.3 Å². The summed E-state index contributed by atoms with van der Waals surface area (Å²) in [4.78, 5) is 40.0. The van der Waals surface area contributed by atoms with Gasteiger partial charge < -0.3 is 25.7 Å². The van der Waals surface area contributed by atoms with Gasteiger partial charge in [0, 0.05) is 19.0 Å². The van der Waals surface area contributed by atoms with Crippen LogP contribution in [0.5, 0.6) is 0 Å². The fourth-order valence-electron chi connectivity index (χ4n) is 2.86. The molecular formula is C19H30N4O6. The van der Waals surface area contributed by atoms with E-state index < -0.39 is 36.1 Å². The van der Waals surface area contributed by atoms with E-state index in [9.17, 15) is 14.4 Å². The largest absolute Gasteiger partial charge is 0.463 e. The predicted octanol–water partition coefficient (Wildman–Crippen LogP) is 0.597. The summed E-state index contributed by atoms with van der Waals surface area (Å²) < 4.78 is 17.9. The van der Waals surface area contributed by atoms with Crippen LogP contribution in [0, 0.1) is 11.8 Å². The molecule has 0 bridgehead atoms. The van der Waals surface area contributed by atoms with E-state index in [1.165, 1.54) is 16.8 Å². The van der Waals surface area contributed by atoms with Crippen LogP contribution < -0.4 is 17.2 Å². The van der Waals surface area contributed by atoms with Gasteiger partial charge in [-0.1, -0.05) is 27.7 Å². The number of nitrogen functional groups attached to an aromatic ring is 1. The predicted molar refractivity (Wildman–Crippen MR) is 105 cm³/mol. The molecule has 1 fully saturated rings. The lowest BCUT2D eigenvalue weighted by molar-refractivity contribution is -0.160. The lowest BCUT2D eigenvalue weighted by Crippen LogP contribution is -2.41. The molecule has 10 nitrogen and oxygen atoms in total. The van der Waals surface area contributed by atoms with E-state index in [1.807, 2.05) is 27.7 Å². The van der Waals surface area contributed by atoms with Crippen LogP contribution >= 0.6 is 0 Å². The van der Waals surface area contributed by atoms with Crippen molar-refractivity contribution in [1.29, 1.82) is 0 Å². The molecule has 0 aliphatic carbocycles. The van der Waals surface area contributed by atoms with Gasteiger partial charge in [-0.05, 0) is 17.9 Å². The molecule has 0 radical (unpaired) electrons. The zero-order chi connectivity index (χ0) is 21.7. The monoisotopic (exact) mass is 410 g/mol. The lowest BCUT2D eigenvalue weighted by atomic mass is 10.1. The number of nitrogens with two attached hydrogens (primary N) is 2. The highest BCUT2D eigenvalue weighted by molar-refractivity contribution is 5.76. The molecule has 1 aromatic heterocycles. The van der Waals surface area contributed by atoms with Gasteiger partial charge in [0.25, 0.3) is 0 Å². The first-order chi connectivity index (χ1) is 13.6. The zero-order valence-electron chi connectivity index (χ0n) is 17.2. The molecule has 0 aromatic carbocycles. The number of aromatic nitrogens is 2. The molecule has 10 heteroatoms. The molecule has 4 atom stereocenters. The van der Waals surface area contributed by atoms with Crippen molar-refractivity contribution < 1.29 is 23.8 Å². The quantitative estimate of drug-likeness (QED) is 0.587. The number of rotatable bonds is 8. The van der Waals surface area contributed by atoms with Gasteiger partial charge >= 0.3 is 17.6 Å². The maximum absolute atomic E-state index is 12.3. The van der Waals surface area contributed by atoms with E-state index in [2.05, 4.69) is 4.98 Å². The van der Waals surface area contributed by atoms with Crippen LogP contribution in [0.4, 0.5) is 5.82 Å². The second kappa shape index (κ2) is 9.84. The van der Waals surface area contributed by atoms with Crippen molar-refractivity contribution in [2.45, 2.75) is 65.0 Å². The lowest BCUT2D eigenvalue weighted by Gasteiger charge is -2.22. The average Bonchev–Trinajstić information content (AvgIpc) is 3.00. The topological polar surface area (TPSA) is 149 Å². The highest BCUT2D eigenvalue weighted by Crippen LogP contribution is 2.31. The van der Waals surface area contributed by atoms with Gasteiger partial charge in [0.15, 0.2) is 0 Å². The summed E-state index contributed by atoms with van der Waals surface area (Å²) in [5, 5.41) is 0. The van der Waals surface area contributed by atoms with Crippen molar-refractivity contribution in [3.05, 3.63) is 22.7 Å². The van der Waals surface area contributed by atoms with Crippen LogP contribution in [0.25, 0.3) is 0 Å². The van der Waals surface area contributed by atoms with Gasteiger partial charge in [0.05, 0.1) is 0 Å². The third kappa shape index (κ3) is 6.26. The average molecular weight is 410 g/mol. The summed E-state index contributed by atoms with van der Waals surface area (Å²) in [6, 6.07) is 0.676. The minimum Gasteiger partial charge on any atom is -0.463 e. The third-order valence-corrected chi connectivity index (χ3v) is 4.58. The Balaban J connectivity index is 2.13. The maximum atomic E-state index is 12.3. The normalized spacial score (nSPS) is 22.7. The Bertz CT molecular complexity index is 778. The number of hydrogen-bond donors (Lipinski definition) is 2. The smallest absolute Gasteiger partial charge is 0.351 e. The van der Waals surface area contributed by atoms with Gasteiger partial charge in [0.1, 0.15) is 36.9 Å². The highest BCUT2D eigenvalue weighted by Gasteiger charge is 2.41. The Morgan fingerprint density at radius 3 is 2.62 bits per heavy atom. The van der Waals surface area contributed by atoms with Crippen LogP contribution in [0.1, 0.15) is 46.8 Å². The number of carbonyl (C=O) groups excluding carboxylic acids is 2. The van der Waals surface area contributed by atoms with Gasteiger partial charge in [-0.25, -0.2) is 4.79 Å². The molecule has 1 aliphatic heterocycles. The summed E-state index contributed by atoms with van der Waals surface area (Å²) in [5.41, 5.74) is 10.8. The SMILES string of the molecule is CC(C)CC(=O)OCC1OC(n2ccc(N)nc2=O)CC1OC(=O)C(N)C(C)C. The molecule has 1 aliphatic rings. The van der Waals surface area contributed by atoms with E-state index >= 15 is 0 Å². The molecule has 4 unspecified atom stereocenters. The minimum atomic E-state index is -0.792. The number of anilines is 1. The number of hydrogen-bond acceptors (Lipinski definition) is 9. The minimum absolute atomic E-state index is 0.0919. The van der Waals surface area contributed by atoms with Crippen LogP contribution in [0.2, 0.25) is 0 Å². The molecule has 2 heterocycles. The Hall–Kier alpha value is -2.46. The van der Waals surface area contributed by atoms with E-state index in [0.717, 1.165) is 0 Å². The van der Waals surface area contributed by atoms with Gasteiger partial charge in [-0.15, -0.1) is 0 Å². The fourth-order valence-corrected chi connectivity index (χ4v) is 2.86. The van der Waals surface area contributed by atoms with Gasteiger partial charge in [-0.2, -0.15) is 4.98 Å². The first-order valence-corrected chi connectivity index (χ1v) is 9.70. The molecule has 4 N–H and O–H groups in total. The van der Waals surface area contributed by atoms with Crippen LogP contribution in [0.3, 0.4) is 0 Å². The third-order valence-electron chi connectivity index (χ3n) is 4.58. The van der Waals surface area contributed by atoms with Crippen molar-refractivity contribution in [1.82, 2.24) is 9.55 Å². The first-order valence-electron chi connectivity index (χ1n) is 9.70. The van der Waals surface area contributed by atoms with Crippen molar-refractivity contribution >= 4 is 17.8 Å². The van der Waals surface area contributed by atoms with Crippen LogP contribution in [-0.2, 0) is 23.8 Å². The van der Waals surface area contributed by atoms with E-state index in [-0.39, 0.29) is 43.1 Å². The van der Waals surface area contributed by atoms with Gasteiger partial charge in [-0.3, -0.25) is 14.2 Å². The molecule has 0 spiro atoms. The van der Waals surface area contributed by atoms with Crippen LogP contribution in [-0.4, -0.2) is 46.3 Å². The van der Waals surface area contributed by atoms with Gasteiger partial charge in [0.2, 0.25) is 0 Å². The summed E-state index contributed by atoms with van der Waals surface area (Å²) in [7, 11) is 0. The second-order valence-electron chi connectivity index (χ2n) is 7.93. The number of nitrogens with zero attached hydrogens (tertiary/aromatic N) is 2. The summed E-state index contributed by atoms with van der Waals surface area (Å²) in [5.74, 6) is -0.809. The van der Waals surface area contributed by atoms with Crippen molar-refractivity contribution in [3.8, 4) is 0 Å². The Morgan fingerprint density at radius 2 is 2.03 bits per heavy atom. The highest BCUT2D eigenvalue weighted by atomic mass is 16.6. The summed E-state index contributed by atoms with van der Waals surface area (Å²) in [6.07, 6.45) is -0.287. The molecule has 162 valence electrons. The maximum Gasteiger partial charge on any atom is 0.351 e. The summed E-state index contributed by atoms with van der Waals surface area (Å²) in [6.45, 7) is 7.33. The van der Waals surface area contributed by atoms with Crippen LogP contribution in [0.15, 0.2) is 17.1 Å². The summed E-state index contributed by atoms with van der Waals surface area (Å²) >= 11 is 0. The molecule has 0 amide bonds. The molecule has 1 aromatic rings. The zero-order valence-corrected chi connectivity index (χ0v) is 17.2. The Morgan fingerprint density at radius 1 is 1.34 bits per heavy atom. The molecular weight excluding hydrogens is 380 g/mol. The molecule has 1 saturated heterocycles. The molecule has 29 heavy (non-hydrogen) atoms. The van der Waals surface area contributed by atoms with E-state index in [1.54, 1.807) is 0 Å². The van der Waals surface area contributed by atoms with Crippen molar-refractivity contribution in [3.63, 3.8) is 0 Å². The van der Waals surface area contributed by atoms with Crippen molar-refractivity contribution in [2.24, 2.45) is 17.6 Å². The first kappa shape index (κ1) is 22.8. The Labute approximate surface area is 169 Å². The van der Waals surface area contributed by atoms with E-state index in [4.69, 9.17) is 25.7 Å².